The first-order valence-corrected chi connectivity index (χ1v) is 9.45. The fraction of sp³-hybridized carbons (Fsp3) is 0.200. The van der Waals surface area contributed by atoms with E-state index in [1.165, 1.54) is 11.1 Å². The van der Waals surface area contributed by atoms with Crippen LogP contribution in [-0.2, 0) is 0 Å². The summed E-state index contributed by atoms with van der Waals surface area (Å²) in [5.74, 6) is -0.0123. The zero-order chi connectivity index (χ0) is 17.9. The molecule has 0 radical (unpaired) electrons. The standard InChI is InChI=1S/C20H20N4OS/c1-13-6-8-14(9-7-13)19-15(10-21-23-19)11-22-24-20(25)17-12-26-18-5-3-2-4-16(17)18/h2-9,11-12,15,19,21,23H,10H2,1H3,(H,24,25)/b22-11+. The third-order valence-corrected chi connectivity index (χ3v) is 5.58. The molecule has 1 fully saturated rings. The molecule has 26 heavy (non-hydrogen) atoms. The Kier molecular flexibility index (Phi) is 4.79. The van der Waals surface area contributed by atoms with Crippen LogP contribution in [0.2, 0.25) is 0 Å². The van der Waals surface area contributed by atoms with E-state index in [4.69, 9.17) is 0 Å². The Morgan fingerprint density at radius 2 is 2.04 bits per heavy atom. The molecule has 6 heteroatoms. The summed E-state index contributed by atoms with van der Waals surface area (Å²) in [6.07, 6.45) is 1.81. The van der Waals surface area contributed by atoms with Crippen LogP contribution in [0.5, 0.6) is 0 Å². The highest BCUT2D eigenvalue weighted by Crippen LogP contribution is 2.26. The van der Waals surface area contributed by atoms with Crippen molar-refractivity contribution in [1.29, 1.82) is 0 Å². The molecule has 0 aliphatic carbocycles. The van der Waals surface area contributed by atoms with Crippen molar-refractivity contribution in [2.24, 2.45) is 11.0 Å². The van der Waals surface area contributed by atoms with Gasteiger partial charge in [0.25, 0.3) is 5.91 Å². The largest absolute Gasteiger partial charge is 0.272 e. The Labute approximate surface area is 156 Å². The summed E-state index contributed by atoms with van der Waals surface area (Å²) >= 11 is 1.57. The van der Waals surface area contributed by atoms with Gasteiger partial charge in [0, 0.05) is 34.1 Å². The molecule has 2 unspecified atom stereocenters. The van der Waals surface area contributed by atoms with Gasteiger partial charge in [0.15, 0.2) is 0 Å². The number of aryl methyl sites for hydroxylation is 1. The maximum atomic E-state index is 12.4. The summed E-state index contributed by atoms with van der Waals surface area (Å²) in [5, 5.41) is 7.05. The number of amides is 1. The second-order valence-corrected chi connectivity index (χ2v) is 7.35. The fourth-order valence-electron chi connectivity index (χ4n) is 3.16. The summed E-state index contributed by atoms with van der Waals surface area (Å²) in [6, 6.07) is 16.5. The van der Waals surface area contributed by atoms with E-state index in [0.717, 1.165) is 16.6 Å². The monoisotopic (exact) mass is 364 g/mol. The van der Waals surface area contributed by atoms with E-state index >= 15 is 0 Å². The van der Waals surface area contributed by atoms with Gasteiger partial charge in [0.1, 0.15) is 0 Å². The molecule has 0 bridgehead atoms. The van der Waals surface area contributed by atoms with Gasteiger partial charge in [-0.15, -0.1) is 11.3 Å². The number of nitrogens with zero attached hydrogens (tertiary/aromatic N) is 1. The number of hydrazine groups is 1. The molecule has 2 atom stereocenters. The number of carbonyl (C=O) groups is 1. The molecule has 3 aromatic rings. The summed E-state index contributed by atoms with van der Waals surface area (Å²) in [5.41, 5.74) is 12.2. The number of fused-ring (bicyclic) bond motifs is 1. The van der Waals surface area contributed by atoms with Gasteiger partial charge < -0.3 is 0 Å². The van der Waals surface area contributed by atoms with E-state index in [0.29, 0.717) is 5.56 Å². The Bertz CT molecular complexity index is 948. The molecule has 2 aromatic carbocycles. The van der Waals surface area contributed by atoms with Gasteiger partial charge in [-0.2, -0.15) is 5.10 Å². The van der Waals surface area contributed by atoms with Crippen molar-refractivity contribution in [3.63, 3.8) is 0 Å². The zero-order valence-corrected chi connectivity index (χ0v) is 15.2. The average Bonchev–Trinajstić information content (AvgIpc) is 3.29. The first kappa shape index (κ1) is 16.9. The molecule has 1 saturated heterocycles. The second-order valence-electron chi connectivity index (χ2n) is 6.44. The molecular formula is C20H20N4OS. The van der Waals surface area contributed by atoms with Gasteiger partial charge in [-0.25, -0.2) is 10.9 Å². The highest BCUT2D eigenvalue weighted by atomic mass is 32.1. The van der Waals surface area contributed by atoms with E-state index in [1.807, 2.05) is 35.9 Å². The van der Waals surface area contributed by atoms with E-state index in [1.54, 1.807) is 11.3 Å². The van der Waals surface area contributed by atoms with Crippen molar-refractivity contribution in [3.05, 3.63) is 70.6 Å². The highest BCUT2D eigenvalue weighted by Gasteiger charge is 2.26. The number of benzene rings is 2. The van der Waals surface area contributed by atoms with E-state index in [2.05, 4.69) is 52.6 Å². The predicted octanol–water partition coefficient (Wildman–Crippen LogP) is 3.39. The van der Waals surface area contributed by atoms with E-state index in [-0.39, 0.29) is 17.9 Å². The van der Waals surface area contributed by atoms with Gasteiger partial charge in [0.2, 0.25) is 0 Å². The van der Waals surface area contributed by atoms with Crippen LogP contribution in [0.25, 0.3) is 10.1 Å². The Morgan fingerprint density at radius 3 is 2.88 bits per heavy atom. The smallest absolute Gasteiger partial charge is 0.267 e. The highest BCUT2D eigenvalue weighted by molar-refractivity contribution is 7.17. The van der Waals surface area contributed by atoms with E-state index < -0.39 is 0 Å². The minimum Gasteiger partial charge on any atom is -0.267 e. The lowest BCUT2D eigenvalue weighted by Gasteiger charge is -2.15. The lowest BCUT2D eigenvalue weighted by molar-refractivity contribution is 0.0957. The lowest BCUT2D eigenvalue weighted by atomic mass is 9.95. The average molecular weight is 364 g/mol. The molecule has 1 aliphatic heterocycles. The molecule has 3 N–H and O–H groups in total. The van der Waals surface area contributed by atoms with Gasteiger partial charge in [0.05, 0.1) is 11.6 Å². The molecule has 1 aliphatic rings. The molecular weight excluding hydrogens is 344 g/mol. The molecule has 1 amide bonds. The summed E-state index contributed by atoms with van der Waals surface area (Å²) in [7, 11) is 0. The number of nitrogens with one attached hydrogen (secondary N) is 3. The number of carbonyl (C=O) groups excluding carboxylic acids is 1. The summed E-state index contributed by atoms with van der Waals surface area (Å²) in [4.78, 5) is 12.4. The van der Waals surface area contributed by atoms with Crippen LogP contribution >= 0.6 is 11.3 Å². The van der Waals surface area contributed by atoms with Crippen LogP contribution < -0.4 is 16.3 Å². The van der Waals surface area contributed by atoms with Gasteiger partial charge in [-0.05, 0) is 18.6 Å². The molecule has 4 rings (SSSR count). The minimum atomic E-state index is -0.176. The first-order valence-electron chi connectivity index (χ1n) is 8.57. The van der Waals surface area contributed by atoms with Gasteiger partial charge >= 0.3 is 0 Å². The molecule has 0 spiro atoms. The fourth-order valence-corrected chi connectivity index (χ4v) is 4.10. The maximum absolute atomic E-state index is 12.4. The van der Waals surface area contributed by atoms with Crippen molar-refractivity contribution < 1.29 is 4.79 Å². The van der Waals surface area contributed by atoms with Crippen LogP contribution in [0.3, 0.4) is 0 Å². The number of thiophene rings is 1. The molecule has 5 nitrogen and oxygen atoms in total. The Hall–Kier alpha value is -2.54. The topological polar surface area (TPSA) is 65.5 Å². The molecule has 132 valence electrons. The van der Waals surface area contributed by atoms with E-state index in [9.17, 15) is 4.79 Å². The summed E-state index contributed by atoms with van der Waals surface area (Å²) in [6.45, 7) is 2.84. The van der Waals surface area contributed by atoms with Crippen molar-refractivity contribution >= 4 is 33.5 Å². The van der Waals surface area contributed by atoms with Crippen LogP contribution in [0.4, 0.5) is 0 Å². The molecule has 1 aromatic heterocycles. The van der Waals surface area contributed by atoms with Crippen LogP contribution in [-0.4, -0.2) is 18.7 Å². The molecule has 2 heterocycles. The van der Waals surface area contributed by atoms with Gasteiger partial charge in [-0.1, -0.05) is 48.0 Å². The van der Waals surface area contributed by atoms with Crippen LogP contribution in [0.15, 0.2) is 59.0 Å². The quantitative estimate of drug-likeness (QED) is 0.491. The minimum absolute atomic E-state index is 0.137. The predicted molar refractivity (Wildman–Crippen MR) is 106 cm³/mol. The van der Waals surface area contributed by atoms with Crippen molar-refractivity contribution in [3.8, 4) is 0 Å². The maximum Gasteiger partial charge on any atom is 0.272 e. The van der Waals surface area contributed by atoms with Gasteiger partial charge in [-0.3, -0.25) is 10.2 Å². The number of hydrazone groups is 1. The second kappa shape index (κ2) is 7.37. The van der Waals surface area contributed by atoms with Crippen molar-refractivity contribution in [2.75, 3.05) is 6.54 Å². The first-order chi connectivity index (χ1) is 12.7. The van der Waals surface area contributed by atoms with Crippen LogP contribution in [0, 0.1) is 12.8 Å². The lowest BCUT2D eigenvalue weighted by Crippen LogP contribution is -2.25. The number of hydrogen-bond acceptors (Lipinski definition) is 5. The zero-order valence-electron chi connectivity index (χ0n) is 14.4. The Morgan fingerprint density at radius 1 is 1.23 bits per heavy atom. The number of rotatable bonds is 4. The van der Waals surface area contributed by atoms with Crippen molar-refractivity contribution in [1.82, 2.24) is 16.3 Å². The number of hydrogen-bond donors (Lipinski definition) is 3. The Balaban J connectivity index is 1.44. The SMILES string of the molecule is Cc1ccc(C2NNCC2/C=N/NC(=O)c2csc3ccccc23)cc1. The third-order valence-electron chi connectivity index (χ3n) is 4.62. The molecule has 0 saturated carbocycles. The third kappa shape index (κ3) is 3.39. The summed E-state index contributed by atoms with van der Waals surface area (Å²) < 4.78 is 1.10. The normalized spacial score (nSPS) is 20.0. The van der Waals surface area contributed by atoms with Crippen molar-refractivity contribution in [2.45, 2.75) is 13.0 Å². The van der Waals surface area contributed by atoms with Crippen LogP contribution in [0.1, 0.15) is 27.5 Å².